The minimum atomic E-state index is -4.04. The third-order valence-electron chi connectivity index (χ3n) is 6.69. The van der Waals surface area contributed by atoms with E-state index in [0.717, 1.165) is 25.3 Å². The van der Waals surface area contributed by atoms with Crippen molar-refractivity contribution in [2.75, 3.05) is 38.1 Å². The van der Waals surface area contributed by atoms with Gasteiger partial charge in [-0.25, -0.2) is 35.9 Å². The van der Waals surface area contributed by atoms with Gasteiger partial charge in [0, 0.05) is 21.4 Å². The van der Waals surface area contributed by atoms with Crippen molar-refractivity contribution in [3.63, 3.8) is 0 Å². The van der Waals surface area contributed by atoms with Crippen molar-refractivity contribution in [1.82, 2.24) is 9.44 Å². The first-order valence-electron chi connectivity index (χ1n) is 15.2. The van der Waals surface area contributed by atoms with E-state index in [1.807, 2.05) is 0 Å². The van der Waals surface area contributed by atoms with Crippen LogP contribution in [0.1, 0.15) is 11.1 Å². The number of halogens is 2. The second kappa shape index (κ2) is 19.5. The molecule has 0 saturated heterocycles. The summed E-state index contributed by atoms with van der Waals surface area (Å²) in [5.74, 6) is 0.218. The number of benzene rings is 4. The predicted molar refractivity (Wildman–Crippen MR) is 199 cm³/mol. The molecule has 20 heteroatoms. The molecule has 0 bridgehead atoms. The number of methoxy groups -OCH3 is 2. The number of rotatable bonds is 12. The molecular weight excluding hydrogens is 791 g/mol. The lowest BCUT2D eigenvalue weighted by atomic mass is 10.2. The van der Waals surface area contributed by atoms with Crippen molar-refractivity contribution in [3.8, 4) is 11.5 Å². The van der Waals surface area contributed by atoms with Crippen LogP contribution < -0.4 is 29.6 Å². The van der Waals surface area contributed by atoms with Gasteiger partial charge in [0.2, 0.25) is 0 Å². The van der Waals surface area contributed by atoms with E-state index in [0.29, 0.717) is 32.9 Å². The molecule has 4 N–H and O–H groups in total. The Hall–Kier alpha value is -5.56. The summed E-state index contributed by atoms with van der Waals surface area (Å²) in [4.78, 5) is 45.8. The van der Waals surface area contributed by atoms with Crippen molar-refractivity contribution in [3.05, 3.63) is 106 Å². The molecule has 0 heterocycles. The van der Waals surface area contributed by atoms with Crippen molar-refractivity contribution >= 4 is 78.6 Å². The van der Waals surface area contributed by atoms with Gasteiger partial charge in [-0.3, -0.25) is 9.59 Å². The number of nitrogens with one attached hydrogen (secondary N) is 4. The van der Waals surface area contributed by atoms with Crippen molar-refractivity contribution in [2.24, 2.45) is 0 Å². The quantitative estimate of drug-likeness (QED) is 0.141. The van der Waals surface area contributed by atoms with Crippen LogP contribution in [0.25, 0.3) is 0 Å². The number of ether oxygens (including phenoxy) is 4. The van der Waals surface area contributed by atoms with Crippen LogP contribution >= 0.6 is 23.2 Å². The van der Waals surface area contributed by atoms with E-state index >= 15 is 0 Å². The number of hydrogen-bond donors (Lipinski definition) is 4. The molecule has 0 atom stereocenters. The van der Waals surface area contributed by atoms with Gasteiger partial charge in [0.15, 0.2) is 13.2 Å². The van der Waals surface area contributed by atoms with Crippen molar-refractivity contribution in [2.45, 2.75) is 23.6 Å². The number of carbonyl (C=O) groups is 4. The van der Waals surface area contributed by atoms with E-state index in [2.05, 4.69) is 20.1 Å². The van der Waals surface area contributed by atoms with Crippen molar-refractivity contribution in [1.29, 1.82) is 0 Å². The molecule has 0 spiro atoms. The van der Waals surface area contributed by atoms with E-state index in [1.54, 1.807) is 59.7 Å². The summed E-state index contributed by atoms with van der Waals surface area (Å²) in [5, 5.41) is 6.29. The van der Waals surface area contributed by atoms with Gasteiger partial charge in [0.1, 0.15) is 11.5 Å². The molecule has 0 unspecified atom stereocenters. The van der Waals surface area contributed by atoms with Gasteiger partial charge in [-0.1, -0.05) is 23.2 Å². The van der Waals surface area contributed by atoms with Gasteiger partial charge in [-0.15, -0.1) is 0 Å². The van der Waals surface area contributed by atoms with Crippen LogP contribution in [0.15, 0.2) is 94.7 Å². The number of amides is 4. The van der Waals surface area contributed by atoms with E-state index < -0.39 is 44.0 Å². The number of aryl methyl sites for hydroxylation is 2. The molecule has 4 rings (SSSR count). The fraction of sp³-hybridized carbons (Fsp3) is 0.176. The first-order valence-corrected chi connectivity index (χ1v) is 18.9. The van der Waals surface area contributed by atoms with Crippen LogP contribution in [0.2, 0.25) is 10.0 Å². The lowest BCUT2D eigenvalue weighted by molar-refractivity contribution is -0.118. The maximum Gasteiger partial charge on any atom is 0.420 e. The Labute approximate surface area is 321 Å². The Morgan fingerprint density at radius 2 is 0.889 bits per heavy atom. The SMILES string of the molecule is COC(=O)NS(=O)(=O)c1ccc(NC(=O)COc2ccc(Cl)cc2C)cc1.COC(=O)NS(=O)(=O)c1ccc(NC(=O)COc2ccc(Cl)cc2C)cc1. The zero-order valence-corrected chi connectivity index (χ0v) is 32.1. The highest BCUT2D eigenvalue weighted by Gasteiger charge is 2.19. The fourth-order valence-corrected chi connectivity index (χ4v) is 6.37. The Morgan fingerprint density at radius 1 is 0.556 bits per heavy atom. The minimum Gasteiger partial charge on any atom is -0.483 e. The molecule has 0 aliphatic rings. The second-order valence-corrected chi connectivity index (χ2v) is 15.0. The van der Waals surface area contributed by atoms with E-state index in [4.69, 9.17) is 32.7 Å². The average Bonchev–Trinajstić information content (AvgIpc) is 3.11. The highest BCUT2D eigenvalue weighted by Crippen LogP contribution is 2.23. The Kier molecular flexibility index (Phi) is 15.5. The Balaban J connectivity index is 0.000000290. The third kappa shape index (κ3) is 13.4. The predicted octanol–water partition coefficient (Wildman–Crippen LogP) is 5.42. The van der Waals surface area contributed by atoms with Crippen LogP contribution in [0.5, 0.6) is 11.5 Å². The summed E-state index contributed by atoms with van der Waals surface area (Å²) in [6.07, 6.45) is -2.19. The molecule has 0 radical (unpaired) electrons. The van der Waals surface area contributed by atoms with Gasteiger partial charge in [-0.05, 0) is 110 Å². The standard InChI is InChI=1S/2C17H17ClN2O6S/c2*1-11-9-12(18)3-8-15(11)26-10-16(21)19-13-4-6-14(7-5-13)27(23,24)20-17(22)25-2/h2*3-9H,10H2,1-2H3,(H,19,21)(H,20,22). The first-order chi connectivity index (χ1) is 25.4. The van der Waals surface area contributed by atoms with Crippen LogP contribution in [0, 0.1) is 13.8 Å². The fourth-order valence-electron chi connectivity index (χ4n) is 4.09. The topological polar surface area (TPSA) is 222 Å². The van der Waals surface area contributed by atoms with E-state index in [1.165, 1.54) is 48.5 Å². The highest BCUT2D eigenvalue weighted by molar-refractivity contribution is 7.90. The zero-order chi connectivity index (χ0) is 40.1. The maximum absolute atomic E-state index is 12.0. The highest BCUT2D eigenvalue weighted by atomic mass is 35.5. The zero-order valence-electron chi connectivity index (χ0n) is 29.0. The largest absolute Gasteiger partial charge is 0.483 e. The molecule has 0 aliphatic heterocycles. The molecule has 0 aromatic heterocycles. The summed E-state index contributed by atoms with van der Waals surface area (Å²) in [5.41, 5.74) is 2.33. The summed E-state index contributed by atoms with van der Waals surface area (Å²) in [6, 6.07) is 20.6. The average molecular weight is 826 g/mol. The number of sulfonamides is 2. The summed E-state index contributed by atoms with van der Waals surface area (Å²) >= 11 is 11.7. The lowest BCUT2D eigenvalue weighted by Gasteiger charge is -2.10. The molecule has 16 nitrogen and oxygen atoms in total. The minimum absolute atomic E-state index is 0.154. The molecule has 4 aromatic rings. The molecular formula is C34H34Cl2N4O12S2. The van der Waals surface area contributed by atoms with E-state index in [-0.39, 0.29) is 23.0 Å². The molecule has 54 heavy (non-hydrogen) atoms. The molecule has 0 fully saturated rings. The summed E-state index contributed by atoms with van der Waals surface area (Å²) in [7, 11) is -5.98. The molecule has 288 valence electrons. The number of carbonyl (C=O) groups excluding carboxylic acids is 4. The molecule has 4 aromatic carbocycles. The summed E-state index contributed by atoms with van der Waals surface area (Å²) in [6.45, 7) is 3.15. The van der Waals surface area contributed by atoms with Crippen LogP contribution in [0.4, 0.5) is 21.0 Å². The van der Waals surface area contributed by atoms with Gasteiger partial charge in [0.05, 0.1) is 24.0 Å². The number of hydrogen-bond acceptors (Lipinski definition) is 12. The maximum atomic E-state index is 12.0. The molecule has 4 amide bonds. The van der Waals surface area contributed by atoms with Gasteiger partial charge >= 0.3 is 12.2 Å². The normalized spacial score (nSPS) is 10.8. The van der Waals surface area contributed by atoms with Crippen molar-refractivity contribution < 1.29 is 55.0 Å². The second-order valence-electron chi connectivity index (χ2n) is 10.7. The van der Waals surface area contributed by atoms with Crippen LogP contribution in [-0.4, -0.2) is 68.3 Å². The van der Waals surface area contributed by atoms with Crippen LogP contribution in [0.3, 0.4) is 0 Å². The Bertz CT molecular complexity index is 2050. The third-order valence-corrected chi connectivity index (χ3v) is 9.82. The first kappa shape index (κ1) is 42.8. The molecule has 0 aliphatic carbocycles. The van der Waals surface area contributed by atoms with Gasteiger partial charge in [0.25, 0.3) is 31.9 Å². The summed E-state index contributed by atoms with van der Waals surface area (Å²) < 4.78 is 70.5. The van der Waals surface area contributed by atoms with Gasteiger partial charge in [-0.2, -0.15) is 0 Å². The molecule has 0 saturated carbocycles. The van der Waals surface area contributed by atoms with Gasteiger partial charge < -0.3 is 29.6 Å². The van der Waals surface area contributed by atoms with Crippen LogP contribution in [-0.2, 0) is 39.1 Å². The monoisotopic (exact) mass is 824 g/mol. The smallest absolute Gasteiger partial charge is 0.420 e. The number of anilines is 2. The lowest BCUT2D eigenvalue weighted by Crippen LogP contribution is -2.30. The Morgan fingerprint density at radius 3 is 1.19 bits per heavy atom. The van der Waals surface area contributed by atoms with E-state index in [9.17, 15) is 36.0 Å².